The fraction of sp³-hybridized carbons (Fsp3) is 0.429. The summed E-state index contributed by atoms with van der Waals surface area (Å²) in [7, 11) is 0. The number of aryl methyl sites for hydroxylation is 4. The maximum atomic E-state index is 12.9. The van der Waals surface area contributed by atoms with Gasteiger partial charge >= 0.3 is 0 Å². The van der Waals surface area contributed by atoms with Gasteiger partial charge in [-0.05, 0) is 53.2 Å². The number of hydrogen-bond acceptors (Lipinski definition) is 3. The number of nitrogens with zero attached hydrogens (tertiary/aromatic N) is 2. The van der Waals surface area contributed by atoms with E-state index < -0.39 is 0 Å². The standard InChI is InChI=1S/C21H27N3O2/c1-7-17(19-14(5)23-24(8-2)15(19)6)22-21(25)20-13(4)16-11-12(3)9-10-18(16)26-20/h9-11,17H,7-8H2,1-6H3,(H,22,25)/t17-/m0/s1. The predicted octanol–water partition coefficient (Wildman–Crippen LogP) is 4.76. The molecule has 26 heavy (non-hydrogen) atoms. The first-order valence-corrected chi connectivity index (χ1v) is 9.21. The van der Waals surface area contributed by atoms with Crippen molar-refractivity contribution < 1.29 is 9.21 Å². The minimum Gasteiger partial charge on any atom is -0.451 e. The Labute approximate surface area is 154 Å². The van der Waals surface area contributed by atoms with Crippen molar-refractivity contribution in [3.8, 4) is 0 Å². The second-order valence-electron chi connectivity index (χ2n) is 6.89. The quantitative estimate of drug-likeness (QED) is 0.719. The monoisotopic (exact) mass is 353 g/mol. The van der Waals surface area contributed by atoms with E-state index in [0.717, 1.165) is 52.0 Å². The molecule has 0 radical (unpaired) electrons. The first-order chi connectivity index (χ1) is 12.4. The molecule has 2 aromatic heterocycles. The fourth-order valence-electron chi connectivity index (χ4n) is 3.68. The van der Waals surface area contributed by atoms with E-state index in [4.69, 9.17) is 4.42 Å². The molecule has 2 heterocycles. The van der Waals surface area contributed by atoms with Gasteiger partial charge in [-0.15, -0.1) is 0 Å². The van der Waals surface area contributed by atoms with Gasteiger partial charge in [-0.25, -0.2) is 0 Å². The second kappa shape index (κ2) is 6.98. The lowest BCUT2D eigenvalue weighted by Gasteiger charge is -2.17. The fourth-order valence-corrected chi connectivity index (χ4v) is 3.68. The zero-order valence-corrected chi connectivity index (χ0v) is 16.4. The first kappa shape index (κ1) is 18.2. The molecule has 0 spiro atoms. The lowest BCUT2D eigenvalue weighted by Crippen LogP contribution is -2.29. The van der Waals surface area contributed by atoms with E-state index >= 15 is 0 Å². The highest BCUT2D eigenvalue weighted by atomic mass is 16.3. The van der Waals surface area contributed by atoms with Crippen LogP contribution in [0.25, 0.3) is 11.0 Å². The number of hydrogen-bond donors (Lipinski definition) is 1. The van der Waals surface area contributed by atoms with Crippen molar-refractivity contribution in [3.63, 3.8) is 0 Å². The molecule has 3 aromatic rings. The van der Waals surface area contributed by atoms with Gasteiger partial charge in [0.05, 0.1) is 11.7 Å². The Morgan fingerprint density at radius 2 is 1.96 bits per heavy atom. The second-order valence-corrected chi connectivity index (χ2v) is 6.89. The van der Waals surface area contributed by atoms with Crippen molar-refractivity contribution >= 4 is 16.9 Å². The summed E-state index contributed by atoms with van der Waals surface area (Å²) in [6, 6.07) is 5.89. The van der Waals surface area contributed by atoms with Crippen LogP contribution in [0.2, 0.25) is 0 Å². The third-order valence-corrected chi connectivity index (χ3v) is 5.10. The molecule has 3 rings (SSSR count). The van der Waals surface area contributed by atoms with Crippen LogP contribution in [0.5, 0.6) is 0 Å². The highest BCUT2D eigenvalue weighted by molar-refractivity contribution is 5.99. The maximum absolute atomic E-state index is 12.9. The molecule has 0 bridgehead atoms. The summed E-state index contributed by atoms with van der Waals surface area (Å²) in [6.07, 6.45) is 0.793. The van der Waals surface area contributed by atoms with E-state index in [1.54, 1.807) is 0 Å². The molecule has 0 saturated heterocycles. The third-order valence-electron chi connectivity index (χ3n) is 5.10. The van der Waals surface area contributed by atoms with Crippen LogP contribution in [0.3, 0.4) is 0 Å². The molecule has 0 saturated carbocycles. The van der Waals surface area contributed by atoms with Crippen LogP contribution in [0.4, 0.5) is 0 Å². The summed E-state index contributed by atoms with van der Waals surface area (Å²) < 4.78 is 7.83. The van der Waals surface area contributed by atoms with Gasteiger partial charge in [0.1, 0.15) is 5.58 Å². The Bertz CT molecular complexity index is 965. The molecular weight excluding hydrogens is 326 g/mol. The average molecular weight is 353 g/mol. The number of nitrogens with one attached hydrogen (secondary N) is 1. The minimum absolute atomic E-state index is 0.0860. The summed E-state index contributed by atoms with van der Waals surface area (Å²) in [5.74, 6) is 0.216. The lowest BCUT2D eigenvalue weighted by atomic mass is 10.0. The predicted molar refractivity (Wildman–Crippen MR) is 104 cm³/mol. The highest BCUT2D eigenvalue weighted by Crippen LogP contribution is 2.28. The topological polar surface area (TPSA) is 60.1 Å². The third kappa shape index (κ3) is 3.02. The summed E-state index contributed by atoms with van der Waals surface area (Å²) in [5, 5.41) is 8.73. The van der Waals surface area contributed by atoms with Crippen LogP contribution >= 0.6 is 0 Å². The molecule has 1 atom stereocenters. The molecule has 0 aliphatic rings. The number of fused-ring (bicyclic) bond motifs is 1. The number of furan rings is 1. The Hall–Kier alpha value is -2.56. The number of amides is 1. The van der Waals surface area contributed by atoms with E-state index in [9.17, 15) is 4.79 Å². The smallest absolute Gasteiger partial charge is 0.287 e. The van der Waals surface area contributed by atoms with Gasteiger partial charge in [0.25, 0.3) is 5.91 Å². The van der Waals surface area contributed by atoms with Gasteiger partial charge in [0.15, 0.2) is 5.76 Å². The molecule has 1 aromatic carbocycles. The van der Waals surface area contributed by atoms with Crippen molar-refractivity contribution in [2.45, 2.75) is 60.5 Å². The highest BCUT2D eigenvalue weighted by Gasteiger charge is 2.24. The Morgan fingerprint density at radius 1 is 1.23 bits per heavy atom. The van der Waals surface area contributed by atoms with Crippen LogP contribution in [0, 0.1) is 27.7 Å². The number of benzene rings is 1. The molecule has 138 valence electrons. The van der Waals surface area contributed by atoms with Gasteiger partial charge < -0.3 is 9.73 Å². The van der Waals surface area contributed by atoms with Crippen LogP contribution in [-0.2, 0) is 6.54 Å². The van der Waals surface area contributed by atoms with E-state index in [0.29, 0.717) is 5.76 Å². The zero-order valence-electron chi connectivity index (χ0n) is 16.4. The van der Waals surface area contributed by atoms with E-state index in [2.05, 4.69) is 37.3 Å². The number of carbonyl (C=O) groups is 1. The van der Waals surface area contributed by atoms with E-state index in [1.165, 1.54) is 0 Å². The van der Waals surface area contributed by atoms with E-state index in [-0.39, 0.29) is 11.9 Å². The first-order valence-electron chi connectivity index (χ1n) is 9.21. The minimum atomic E-state index is -0.175. The molecule has 1 N–H and O–H groups in total. The van der Waals surface area contributed by atoms with Crippen molar-refractivity contribution in [1.82, 2.24) is 15.1 Å². The van der Waals surface area contributed by atoms with Gasteiger partial charge in [0.2, 0.25) is 0 Å². The normalized spacial score (nSPS) is 12.5. The SMILES string of the molecule is CC[C@H](NC(=O)c1oc2ccc(C)cc2c1C)c1c(C)nn(CC)c1C. The van der Waals surface area contributed by atoms with Gasteiger partial charge in [0, 0.05) is 28.8 Å². The zero-order chi connectivity index (χ0) is 19.0. The molecule has 5 nitrogen and oxygen atoms in total. The van der Waals surface area contributed by atoms with Crippen molar-refractivity contribution in [2.24, 2.45) is 0 Å². The van der Waals surface area contributed by atoms with Crippen molar-refractivity contribution in [3.05, 3.63) is 52.0 Å². The Balaban J connectivity index is 1.93. The van der Waals surface area contributed by atoms with E-state index in [1.807, 2.05) is 37.6 Å². The van der Waals surface area contributed by atoms with Gasteiger partial charge in [-0.2, -0.15) is 5.10 Å². The molecule has 5 heteroatoms. The van der Waals surface area contributed by atoms with Crippen LogP contribution in [0.1, 0.15) is 64.9 Å². The molecule has 0 aliphatic carbocycles. The van der Waals surface area contributed by atoms with Gasteiger partial charge in [-0.3, -0.25) is 9.48 Å². The Kier molecular flexibility index (Phi) is 4.90. The molecule has 0 aliphatic heterocycles. The molecular formula is C21H27N3O2. The summed E-state index contributed by atoms with van der Waals surface area (Å²) in [6.45, 7) is 13.0. The molecule has 0 fully saturated rings. The van der Waals surface area contributed by atoms with Crippen LogP contribution in [-0.4, -0.2) is 15.7 Å². The lowest BCUT2D eigenvalue weighted by molar-refractivity contribution is 0.0908. The van der Waals surface area contributed by atoms with Crippen molar-refractivity contribution in [1.29, 1.82) is 0 Å². The largest absolute Gasteiger partial charge is 0.451 e. The number of carbonyl (C=O) groups excluding carboxylic acids is 1. The summed E-state index contributed by atoms with van der Waals surface area (Å²) in [5.41, 5.74) is 5.96. The summed E-state index contributed by atoms with van der Waals surface area (Å²) in [4.78, 5) is 12.9. The molecule has 1 amide bonds. The average Bonchev–Trinajstić information content (AvgIpc) is 3.09. The Morgan fingerprint density at radius 3 is 2.58 bits per heavy atom. The van der Waals surface area contributed by atoms with Crippen LogP contribution in [0.15, 0.2) is 22.6 Å². The summed E-state index contributed by atoms with van der Waals surface area (Å²) >= 11 is 0. The van der Waals surface area contributed by atoms with Crippen molar-refractivity contribution in [2.75, 3.05) is 0 Å². The van der Waals surface area contributed by atoms with Gasteiger partial charge in [-0.1, -0.05) is 18.6 Å². The number of rotatable bonds is 5. The molecule has 0 unspecified atom stereocenters. The number of aromatic nitrogens is 2. The van der Waals surface area contributed by atoms with Crippen LogP contribution < -0.4 is 5.32 Å². The maximum Gasteiger partial charge on any atom is 0.287 e.